The monoisotopic (exact) mass is 322 g/mol. The Morgan fingerprint density at radius 3 is 2.74 bits per heavy atom. The Balaban J connectivity index is 2.24. The molecule has 0 aromatic heterocycles. The van der Waals surface area contributed by atoms with E-state index in [0.717, 1.165) is 0 Å². The number of amides is 1. The highest BCUT2D eigenvalue weighted by atomic mass is 16.6. The normalized spacial score (nSPS) is 20.5. The van der Waals surface area contributed by atoms with Gasteiger partial charge in [-0.2, -0.15) is 0 Å². The molecular formula is C15H18N2O6. The highest BCUT2D eigenvalue weighted by Crippen LogP contribution is 2.32. The van der Waals surface area contributed by atoms with Crippen LogP contribution in [-0.4, -0.2) is 53.6 Å². The Labute approximate surface area is 132 Å². The van der Waals surface area contributed by atoms with Crippen molar-refractivity contribution in [3.63, 3.8) is 0 Å². The summed E-state index contributed by atoms with van der Waals surface area (Å²) in [5, 5.41) is 20.4. The number of nitrogens with zero attached hydrogens (tertiary/aromatic N) is 2. The summed E-state index contributed by atoms with van der Waals surface area (Å²) in [6, 6.07) is 4.26. The maximum atomic E-state index is 12.5. The van der Waals surface area contributed by atoms with Gasteiger partial charge in [-0.15, -0.1) is 0 Å². The van der Waals surface area contributed by atoms with Crippen molar-refractivity contribution in [3.05, 3.63) is 39.4 Å². The summed E-state index contributed by atoms with van der Waals surface area (Å²) in [4.78, 5) is 35.9. The highest BCUT2D eigenvalue weighted by molar-refractivity contribution is 5.95. The lowest BCUT2D eigenvalue weighted by Gasteiger charge is -2.23. The van der Waals surface area contributed by atoms with Gasteiger partial charge in [0, 0.05) is 37.4 Å². The molecule has 8 heteroatoms. The number of ether oxygens (including phenoxy) is 1. The first-order valence-corrected chi connectivity index (χ1v) is 7.07. The number of benzene rings is 1. The number of hydrogen-bond donors (Lipinski definition) is 1. The first kappa shape index (κ1) is 16.9. The molecule has 2 rings (SSSR count). The summed E-state index contributed by atoms with van der Waals surface area (Å²) < 4.78 is 4.98. The van der Waals surface area contributed by atoms with Crippen molar-refractivity contribution < 1.29 is 24.4 Å². The Hall–Kier alpha value is -2.48. The van der Waals surface area contributed by atoms with E-state index in [2.05, 4.69) is 0 Å². The number of likely N-dealkylation sites (tertiary alicyclic amines) is 1. The van der Waals surface area contributed by atoms with Crippen LogP contribution >= 0.6 is 0 Å². The fourth-order valence-corrected chi connectivity index (χ4v) is 2.80. The lowest BCUT2D eigenvalue weighted by molar-refractivity contribution is -0.385. The number of hydrogen-bond acceptors (Lipinski definition) is 5. The van der Waals surface area contributed by atoms with E-state index in [0.29, 0.717) is 5.56 Å². The Bertz CT molecular complexity index is 659. The number of carboxylic acids is 1. The summed E-state index contributed by atoms with van der Waals surface area (Å²) >= 11 is 0. The molecule has 0 bridgehead atoms. The average molecular weight is 322 g/mol. The second-order valence-electron chi connectivity index (χ2n) is 5.75. The zero-order valence-electron chi connectivity index (χ0n) is 12.9. The molecule has 0 spiro atoms. The molecule has 0 aliphatic carbocycles. The molecule has 0 saturated carbocycles. The van der Waals surface area contributed by atoms with Gasteiger partial charge in [-0.3, -0.25) is 19.7 Å². The van der Waals surface area contributed by atoms with Crippen molar-refractivity contribution >= 4 is 17.6 Å². The molecule has 1 saturated heterocycles. The SMILES string of the molecule is COCC1(C(=O)O)CCN(C(=O)c2ccc(C)c([N+](=O)[O-])c2)C1. The molecule has 0 radical (unpaired) electrons. The number of rotatable bonds is 5. The maximum Gasteiger partial charge on any atom is 0.313 e. The molecule has 1 aliphatic heterocycles. The standard InChI is InChI=1S/C15H18N2O6/c1-10-3-4-11(7-12(10)17(21)22)13(18)16-6-5-15(8-16,9-23-2)14(19)20/h3-4,7H,5-6,8-9H2,1-2H3,(H,19,20). The van der Waals surface area contributed by atoms with Crippen molar-refractivity contribution in [2.45, 2.75) is 13.3 Å². The molecule has 8 nitrogen and oxygen atoms in total. The summed E-state index contributed by atoms with van der Waals surface area (Å²) in [6.07, 6.45) is 0.288. The summed E-state index contributed by atoms with van der Waals surface area (Å²) in [6.45, 7) is 1.91. The van der Waals surface area contributed by atoms with Crippen LogP contribution in [0.1, 0.15) is 22.3 Å². The van der Waals surface area contributed by atoms with E-state index in [1.165, 1.54) is 30.2 Å². The lowest BCUT2D eigenvalue weighted by atomic mass is 9.88. The van der Waals surface area contributed by atoms with E-state index in [9.17, 15) is 24.8 Å². The van der Waals surface area contributed by atoms with Crippen LogP contribution in [-0.2, 0) is 9.53 Å². The zero-order chi connectivity index (χ0) is 17.2. The van der Waals surface area contributed by atoms with Crippen molar-refractivity contribution in [3.8, 4) is 0 Å². The minimum atomic E-state index is -1.12. The molecule has 1 aliphatic rings. The fourth-order valence-electron chi connectivity index (χ4n) is 2.80. The first-order valence-electron chi connectivity index (χ1n) is 7.07. The van der Waals surface area contributed by atoms with Crippen LogP contribution in [0.25, 0.3) is 0 Å². The maximum absolute atomic E-state index is 12.5. The Morgan fingerprint density at radius 1 is 1.48 bits per heavy atom. The molecule has 1 fully saturated rings. The quantitative estimate of drug-likeness (QED) is 0.649. The molecule has 1 heterocycles. The smallest absolute Gasteiger partial charge is 0.313 e. The van der Waals surface area contributed by atoms with Gasteiger partial charge in [-0.1, -0.05) is 6.07 Å². The van der Waals surface area contributed by atoms with Gasteiger partial charge in [-0.25, -0.2) is 0 Å². The third kappa shape index (κ3) is 3.16. The van der Waals surface area contributed by atoms with Crippen LogP contribution < -0.4 is 0 Å². The van der Waals surface area contributed by atoms with Gasteiger partial charge >= 0.3 is 5.97 Å². The molecule has 1 amide bonds. The average Bonchev–Trinajstić information content (AvgIpc) is 2.93. The summed E-state index contributed by atoms with van der Waals surface area (Å²) in [5.74, 6) is -1.42. The molecule has 124 valence electrons. The largest absolute Gasteiger partial charge is 0.481 e. The number of carbonyl (C=O) groups is 2. The van der Waals surface area contributed by atoms with Crippen LogP contribution in [0, 0.1) is 22.5 Å². The number of carbonyl (C=O) groups excluding carboxylic acids is 1. The highest BCUT2D eigenvalue weighted by Gasteiger charge is 2.46. The number of nitro benzene ring substituents is 1. The van der Waals surface area contributed by atoms with Crippen molar-refractivity contribution in [2.75, 3.05) is 26.8 Å². The number of methoxy groups -OCH3 is 1. The third-order valence-electron chi connectivity index (χ3n) is 4.17. The number of carboxylic acid groups (broad SMARTS) is 1. The van der Waals surface area contributed by atoms with E-state index in [4.69, 9.17) is 4.74 Å². The van der Waals surface area contributed by atoms with Gasteiger partial charge in [0.15, 0.2) is 0 Å². The Kier molecular flexibility index (Phi) is 4.65. The van der Waals surface area contributed by atoms with Crippen molar-refractivity contribution in [2.24, 2.45) is 5.41 Å². The van der Waals surface area contributed by atoms with Crippen molar-refractivity contribution in [1.82, 2.24) is 4.90 Å². The van der Waals surface area contributed by atoms with E-state index in [1.54, 1.807) is 6.92 Å². The van der Waals surface area contributed by atoms with Crippen LogP contribution in [0.15, 0.2) is 18.2 Å². The predicted octanol–water partition coefficient (Wildman–Crippen LogP) is 1.47. The molecule has 1 aromatic carbocycles. The van der Waals surface area contributed by atoms with E-state index >= 15 is 0 Å². The van der Waals surface area contributed by atoms with Crippen LogP contribution in [0.4, 0.5) is 5.69 Å². The van der Waals surface area contributed by atoms with Gasteiger partial charge in [-0.05, 0) is 19.4 Å². The van der Waals surface area contributed by atoms with Crippen LogP contribution in [0.3, 0.4) is 0 Å². The first-order chi connectivity index (χ1) is 10.8. The molecule has 1 atom stereocenters. The molecular weight excluding hydrogens is 304 g/mol. The van der Waals surface area contributed by atoms with Crippen LogP contribution in [0.2, 0.25) is 0 Å². The summed E-state index contributed by atoms with van der Waals surface area (Å²) in [5.41, 5.74) is -0.606. The van der Waals surface area contributed by atoms with E-state index in [1.807, 2.05) is 0 Å². The van der Waals surface area contributed by atoms with E-state index < -0.39 is 22.2 Å². The zero-order valence-corrected chi connectivity index (χ0v) is 12.9. The minimum Gasteiger partial charge on any atom is -0.481 e. The third-order valence-corrected chi connectivity index (χ3v) is 4.17. The molecule has 23 heavy (non-hydrogen) atoms. The van der Waals surface area contributed by atoms with Crippen LogP contribution in [0.5, 0.6) is 0 Å². The second kappa shape index (κ2) is 6.33. The minimum absolute atomic E-state index is 0.0140. The van der Waals surface area contributed by atoms with Gasteiger partial charge in [0.2, 0.25) is 0 Å². The van der Waals surface area contributed by atoms with E-state index in [-0.39, 0.29) is 37.4 Å². The molecule has 1 unspecified atom stereocenters. The molecule has 1 N–H and O–H groups in total. The topological polar surface area (TPSA) is 110 Å². The second-order valence-corrected chi connectivity index (χ2v) is 5.75. The fraction of sp³-hybridized carbons (Fsp3) is 0.467. The molecule has 1 aromatic rings. The Morgan fingerprint density at radius 2 is 2.17 bits per heavy atom. The number of nitro groups is 1. The van der Waals surface area contributed by atoms with Gasteiger partial charge < -0.3 is 14.7 Å². The van der Waals surface area contributed by atoms with Gasteiger partial charge in [0.25, 0.3) is 11.6 Å². The summed E-state index contributed by atoms with van der Waals surface area (Å²) in [7, 11) is 1.42. The number of aryl methyl sites for hydroxylation is 1. The number of aliphatic carboxylic acids is 1. The lowest BCUT2D eigenvalue weighted by Crippen LogP contribution is -2.40. The van der Waals surface area contributed by atoms with Gasteiger partial charge in [0.1, 0.15) is 5.41 Å². The predicted molar refractivity (Wildman–Crippen MR) is 80.3 cm³/mol. The van der Waals surface area contributed by atoms with Gasteiger partial charge in [0.05, 0.1) is 11.5 Å². The van der Waals surface area contributed by atoms with Crippen molar-refractivity contribution in [1.29, 1.82) is 0 Å².